The van der Waals surface area contributed by atoms with Gasteiger partial charge in [0, 0.05) is 30.4 Å². The molecule has 0 saturated heterocycles. The molecule has 110 valence electrons. The molecule has 0 saturated carbocycles. The fourth-order valence-electron chi connectivity index (χ4n) is 1.79. The number of hydrogen-bond donors (Lipinski definition) is 0. The van der Waals surface area contributed by atoms with Gasteiger partial charge in [-0.05, 0) is 20.8 Å². The third kappa shape index (κ3) is 4.40. The zero-order valence-corrected chi connectivity index (χ0v) is 11.9. The van der Waals surface area contributed by atoms with Gasteiger partial charge in [-0.15, -0.1) is 0 Å². The zero-order valence-electron chi connectivity index (χ0n) is 11.9. The minimum Gasteiger partial charge on any atom is -0.352 e. The predicted octanol–water partition coefficient (Wildman–Crippen LogP) is 2.88. The molecular formula is C14H19NO5. The lowest BCUT2D eigenvalue weighted by Gasteiger charge is -2.16. The molecule has 0 amide bonds. The number of benzene rings is 1. The average molecular weight is 281 g/mol. The van der Waals surface area contributed by atoms with Gasteiger partial charge in [0.05, 0.1) is 11.3 Å². The lowest BCUT2D eigenvalue weighted by Crippen LogP contribution is -2.21. The number of nitro benzene ring substituents is 1. The maximum atomic E-state index is 12.1. The first-order chi connectivity index (χ1) is 9.49. The van der Waals surface area contributed by atoms with Gasteiger partial charge in [-0.3, -0.25) is 14.9 Å². The Morgan fingerprint density at radius 3 is 2.40 bits per heavy atom. The Hall–Kier alpha value is -1.79. The summed E-state index contributed by atoms with van der Waals surface area (Å²) in [6, 6.07) is 4.45. The summed E-state index contributed by atoms with van der Waals surface area (Å²) >= 11 is 0. The lowest BCUT2D eigenvalue weighted by molar-refractivity contribution is -0.385. The van der Waals surface area contributed by atoms with Crippen LogP contribution in [0.3, 0.4) is 0 Å². The van der Waals surface area contributed by atoms with Crippen LogP contribution in [0.25, 0.3) is 0 Å². The van der Waals surface area contributed by atoms with E-state index in [1.807, 2.05) is 13.8 Å². The number of ketones is 1. The number of carbonyl (C=O) groups is 1. The molecule has 20 heavy (non-hydrogen) atoms. The van der Waals surface area contributed by atoms with E-state index in [4.69, 9.17) is 9.47 Å². The normalized spacial score (nSPS) is 10.8. The highest BCUT2D eigenvalue weighted by atomic mass is 16.7. The van der Waals surface area contributed by atoms with Crippen molar-refractivity contribution in [3.8, 4) is 0 Å². The molecular weight excluding hydrogens is 262 g/mol. The highest BCUT2D eigenvalue weighted by Gasteiger charge is 2.19. The van der Waals surface area contributed by atoms with Gasteiger partial charge in [-0.25, -0.2) is 0 Å². The van der Waals surface area contributed by atoms with Crippen molar-refractivity contribution in [2.24, 2.45) is 0 Å². The van der Waals surface area contributed by atoms with Crippen molar-refractivity contribution in [1.82, 2.24) is 0 Å². The highest BCUT2D eigenvalue weighted by Crippen LogP contribution is 2.20. The van der Waals surface area contributed by atoms with E-state index < -0.39 is 11.2 Å². The molecule has 1 rings (SSSR count). The van der Waals surface area contributed by atoms with Crippen LogP contribution in [0, 0.1) is 17.0 Å². The smallest absolute Gasteiger partial charge is 0.273 e. The van der Waals surface area contributed by atoms with Gasteiger partial charge in [-0.2, -0.15) is 0 Å². The number of nitro groups is 1. The summed E-state index contributed by atoms with van der Waals surface area (Å²) in [7, 11) is 0. The minimum absolute atomic E-state index is 0.0435. The maximum Gasteiger partial charge on any atom is 0.273 e. The molecule has 0 unspecified atom stereocenters. The van der Waals surface area contributed by atoms with Crippen LogP contribution >= 0.6 is 0 Å². The Morgan fingerprint density at radius 2 is 1.90 bits per heavy atom. The van der Waals surface area contributed by atoms with Gasteiger partial charge in [0.2, 0.25) is 0 Å². The number of hydrogen-bond acceptors (Lipinski definition) is 5. The van der Waals surface area contributed by atoms with Crippen LogP contribution in [-0.2, 0) is 9.47 Å². The van der Waals surface area contributed by atoms with E-state index in [2.05, 4.69) is 0 Å². The highest BCUT2D eigenvalue weighted by molar-refractivity contribution is 5.97. The van der Waals surface area contributed by atoms with E-state index in [1.54, 1.807) is 19.1 Å². The van der Waals surface area contributed by atoms with E-state index in [1.165, 1.54) is 6.07 Å². The van der Waals surface area contributed by atoms with Gasteiger partial charge in [0.15, 0.2) is 12.1 Å². The van der Waals surface area contributed by atoms with Crippen LogP contribution in [0.2, 0.25) is 0 Å². The fourth-order valence-corrected chi connectivity index (χ4v) is 1.79. The summed E-state index contributed by atoms with van der Waals surface area (Å²) in [5.41, 5.74) is 0.768. The Morgan fingerprint density at radius 1 is 1.30 bits per heavy atom. The number of aryl methyl sites for hydroxylation is 1. The predicted molar refractivity (Wildman–Crippen MR) is 73.8 cm³/mol. The number of ether oxygens (including phenoxy) is 2. The second kappa shape index (κ2) is 7.72. The van der Waals surface area contributed by atoms with Crippen LogP contribution in [0.4, 0.5) is 5.69 Å². The van der Waals surface area contributed by atoms with E-state index >= 15 is 0 Å². The van der Waals surface area contributed by atoms with Gasteiger partial charge >= 0.3 is 0 Å². The molecule has 0 aliphatic carbocycles. The first-order valence-electron chi connectivity index (χ1n) is 6.51. The largest absolute Gasteiger partial charge is 0.352 e. The van der Waals surface area contributed by atoms with Crippen molar-refractivity contribution < 1.29 is 19.2 Å². The molecule has 0 aliphatic heterocycles. The van der Waals surface area contributed by atoms with Crippen molar-refractivity contribution in [2.45, 2.75) is 33.5 Å². The maximum absolute atomic E-state index is 12.1. The van der Waals surface area contributed by atoms with Crippen LogP contribution < -0.4 is 0 Å². The van der Waals surface area contributed by atoms with Gasteiger partial charge < -0.3 is 9.47 Å². The Balaban J connectivity index is 2.86. The molecule has 0 bridgehead atoms. The molecule has 0 fully saturated rings. The van der Waals surface area contributed by atoms with Crippen molar-refractivity contribution in [3.05, 3.63) is 39.4 Å². The second-order valence-electron chi connectivity index (χ2n) is 4.23. The summed E-state index contributed by atoms with van der Waals surface area (Å²) in [5, 5.41) is 10.9. The molecule has 6 heteroatoms. The molecule has 0 N–H and O–H groups in total. The van der Waals surface area contributed by atoms with E-state index in [0.29, 0.717) is 24.3 Å². The number of Topliss-reactive ketones (excluding diaryl/α,β-unsaturated/α-hetero) is 1. The zero-order chi connectivity index (χ0) is 15.1. The van der Waals surface area contributed by atoms with Crippen molar-refractivity contribution >= 4 is 11.5 Å². The summed E-state index contributed by atoms with van der Waals surface area (Å²) in [5.74, 6) is -0.236. The first-order valence-corrected chi connectivity index (χ1v) is 6.51. The Labute approximate surface area is 117 Å². The monoisotopic (exact) mass is 281 g/mol. The minimum atomic E-state index is -0.613. The lowest BCUT2D eigenvalue weighted by atomic mass is 10.0. The van der Waals surface area contributed by atoms with Gasteiger partial charge in [0.25, 0.3) is 5.69 Å². The average Bonchev–Trinajstić information content (AvgIpc) is 2.39. The van der Waals surface area contributed by atoms with Crippen LogP contribution in [-0.4, -0.2) is 30.2 Å². The molecule has 1 aromatic rings. The molecule has 0 spiro atoms. The first kappa shape index (κ1) is 16.3. The molecule has 0 heterocycles. The quantitative estimate of drug-likeness (QED) is 0.317. The summed E-state index contributed by atoms with van der Waals surface area (Å²) in [4.78, 5) is 22.5. The molecule has 6 nitrogen and oxygen atoms in total. The number of carbonyl (C=O) groups excluding carboxylic acids is 1. The Bertz CT molecular complexity index is 480. The molecule has 1 aromatic carbocycles. The number of rotatable bonds is 8. The van der Waals surface area contributed by atoms with Crippen molar-refractivity contribution in [3.63, 3.8) is 0 Å². The fraction of sp³-hybridized carbons (Fsp3) is 0.500. The standard InChI is InChI=1S/C14H19NO5/c1-4-19-14(20-5-2)9-13(16)11-7-6-10(3)12(8-11)15(17)18/h6-8,14H,4-5,9H2,1-3H3. The van der Waals surface area contributed by atoms with Crippen LogP contribution in [0.5, 0.6) is 0 Å². The van der Waals surface area contributed by atoms with Crippen molar-refractivity contribution in [1.29, 1.82) is 0 Å². The van der Waals surface area contributed by atoms with Gasteiger partial charge in [0.1, 0.15) is 0 Å². The van der Waals surface area contributed by atoms with E-state index in [-0.39, 0.29) is 17.9 Å². The van der Waals surface area contributed by atoms with Crippen LogP contribution in [0.15, 0.2) is 18.2 Å². The summed E-state index contributed by atoms with van der Waals surface area (Å²) < 4.78 is 10.6. The van der Waals surface area contributed by atoms with Gasteiger partial charge in [-0.1, -0.05) is 12.1 Å². The third-order valence-electron chi connectivity index (χ3n) is 2.78. The Kier molecular flexibility index (Phi) is 6.27. The molecule has 0 radical (unpaired) electrons. The number of nitrogens with zero attached hydrogens (tertiary/aromatic N) is 1. The summed E-state index contributed by atoms with van der Waals surface area (Å²) in [6.07, 6.45) is -0.570. The third-order valence-corrected chi connectivity index (χ3v) is 2.78. The van der Waals surface area contributed by atoms with Crippen LogP contribution in [0.1, 0.15) is 36.2 Å². The SMILES string of the molecule is CCOC(CC(=O)c1ccc(C)c([N+](=O)[O-])c1)OCC. The molecule has 0 atom stereocenters. The summed E-state index contributed by atoms with van der Waals surface area (Å²) in [6.45, 7) is 6.13. The topological polar surface area (TPSA) is 78.7 Å². The van der Waals surface area contributed by atoms with E-state index in [9.17, 15) is 14.9 Å². The molecule has 0 aliphatic rings. The van der Waals surface area contributed by atoms with Crippen molar-refractivity contribution in [2.75, 3.05) is 13.2 Å². The second-order valence-corrected chi connectivity index (χ2v) is 4.23. The molecule has 0 aromatic heterocycles. The van der Waals surface area contributed by atoms with E-state index in [0.717, 1.165) is 0 Å².